The molecule has 1 fully saturated rings. The first-order valence-corrected chi connectivity index (χ1v) is 10.2. The van der Waals surface area contributed by atoms with Crippen molar-refractivity contribution >= 4 is 41.7 Å². The average Bonchev–Trinajstić information content (AvgIpc) is 3.59. The molecule has 0 saturated heterocycles. The summed E-state index contributed by atoms with van der Waals surface area (Å²) in [6.07, 6.45) is 2.06. The predicted octanol–water partition coefficient (Wildman–Crippen LogP) is 4.45. The van der Waals surface area contributed by atoms with Gasteiger partial charge in [-0.25, -0.2) is 4.79 Å². The van der Waals surface area contributed by atoms with Crippen molar-refractivity contribution in [3.8, 4) is 5.75 Å². The maximum Gasteiger partial charge on any atom is 0.411 e. The molecule has 0 unspecified atom stereocenters. The number of hydrogen-bond acceptors (Lipinski definition) is 4. The highest BCUT2D eigenvalue weighted by atomic mass is 127. The Hall–Kier alpha value is -2.49. The summed E-state index contributed by atoms with van der Waals surface area (Å²) in [5, 5.41) is 9.29. The van der Waals surface area contributed by atoms with E-state index in [-0.39, 0.29) is 24.0 Å². The first-order valence-electron chi connectivity index (χ1n) is 10.2. The van der Waals surface area contributed by atoms with Gasteiger partial charge in [0.2, 0.25) is 0 Å². The molecule has 1 saturated carbocycles. The highest BCUT2D eigenvalue weighted by Gasteiger charge is 2.22. The minimum Gasteiger partial charge on any atom is -0.493 e. The number of benzene rings is 2. The molecule has 3 rings (SSSR count). The number of halogens is 1. The molecule has 0 spiro atoms. The van der Waals surface area contributed by atoms with E-state index in [0.717, 1.165) is 29.4 Å². The number of methoxy groups -OCH3 is 1. The number of anilines is 1. The van der Waals surface area contributed by atoms with Crippen molar-refractivity contribution in [1.82, 2.24) is 10.6 Å². The van der Waals surface area contributed by atoms with E-state index in [0.29, 0.717) is 24.7 Å². The van der Waals surface area contributed by atoms with Crippen LogP contribution < -0.4 is 20.7 Å². The third-order valence-electron chi connectivity index (χ3n) is 4.91. The summed E-state index contributed by atoms with van der Waals surface area (Å²) in [6.45, 7) is 4.11. The van der Waals surface area contributed by atoms with Gasteiger partial charge in [0.15, 0.2) is 5.96 Å². The van der Waals surface area contributed by atoms with Crippen molar-refractivity contribution < 1.29 is 14.3 Å². The number of aliphatic imine (C=N–C) groups is 1. The molecule has 168 valence electrons. The van der Waals surface area contributed by atoms with Crippen LogP contribution in [0.1, 0.15) is 29.5 Å². The van der Waals surface area contributed by atoms with Crippen molar-refractivity contribution in [2.24, 2.45) is 10.9 Å². The van der Waals surface area contributed by atoms with E-state index < -0.39 is 6.09 Å². The van der Waals surface area contributed by atoms with Crippen LogP contribution in [0.4, 0.5) is 10.5 Å². The SMILES string of the molecule is CN=C(NCc1ccc(NC(=O)OC)cc1)NCc1ccc(C)cc1OCC1CC1.I. The Kier molecular flexibility index (Phi) is 9.90. The molecule has 0 aliphatic heterocycles. The molecule has 0 atom stereocenters. The monoisotopic (exact) mass is 538 g/mol. The number of rotatable bonds is 8. The van der Waals surface area contributed by atoms with Crippen LogP contribution in [0.15, 0.2) is 47.5 Å². The van der Waals surface area contributed by atoms with Gasteiger partial charge in [0, 0.05) is 31.4 Å². The van der Waals surface area contributed by atoms with Crippen LogP contribution >= 0.6 is 24.0 Å². The molecule has 2 aromatic rings. The van der Waals surface area contributed by atoms with Gasteiger partial charge in [-0.1, -0.05) is 24.3 Å². The predicted molar refractivity (Wildman–Crippen MR) is 134 cm³/mol. The molecule has 2 aromatic carbocycles. The fourth-order valence-corrected chi connectivity index (χ4v) is 2.89. The lowest BCUT2D eigenvalue weighted by Gasteiger charge is -2.15. The molecule has 0 bridgehead atoms. The van der Waals surface area contributed by atoms with Crippen LogP contribution in [0.3, 0.4) is 0 Å². The topological polar surface area (TPSA) is 84.0 Å². The number of nitrogens with zero attached hydrogens (tertiary/aromatic N) is 1. The Labute approximate surface area is 201 Å². The lowest BCUT2D eigenvalue weighted by atomic mass is 10.1. The van der Waals surface area contributed by atoms with E-state index in [4.69, 9.17) is 4.74 Å². The van der Waals surface area contributed by atoms with Gasteiger partial charge in [-0.15, -0.1) is 24.0 Å². The zero-order valence-corrected chi connectivity index (χ0v) is 20.6. The number of aryl methyl sites for hydroxylation is 1. The summed E-state index contributed by atoms with van der Waals surface area (Å²) in [5.41, 5.74) is 4.06. The zero-order valence-electron chi connectivity index (χ0n) is 18.2. The molecule has 0 heterocycles. The Balaban J connectivity index is 0.00000341. The Morgan fingerprint density at radius 1 is 1.10 bits per heavy atom. The Morgan fingerprint density at radius 3 is 2.45 bits per heavy atom. The normalized spacial score (nSPS) is 13.1. The molecule has 31 heavy (non-hydrogen) atoms. The number of nitrogens with one attached hydrogen (secondary N) is 3. The van der Waals surface area contributed by atoms with E-state index in [2.05, 4.69) is 50.8 Å². The highest BCUT2D eigenvalue weighted by molar-refractivity contribution is 14.0. The summed E-state index contributed by atoms with van der Waals surface area (Å²) in [6, 6.07) is 13.8. The summed E-state index contributed by atoms with van der Waals surface area (Å²) in [4.78, 5) is 15.5. The number of carbonyl (C=O) groups excluding carboxylic acids is 1. The fraction of sp³-hybridized carbons (Fsp3) is 0.391. The van der Waals surface area contributed by atoms with Crippen LogP contribution in [0.25, 0.3) is 0 Å². The molecule has 0 radical (unpaired) electrons. The van der Waals surface area contributed by atoms with Crippen molar-refractivity contribution in [3.05, 3.63) is 59.2 Å². The van der Waals surface area contributed by atoms with Crippen LogP contribution in [-0.4, -0.2) is 32.8 Å². The summed E-state index contributed by atoms with van der Waals surface area (Å²) in [5.74, 6) is 2.37. The molecular formula is C23H31IN4O3. The lowest BCUT2D eigenvalue weighted by molar-refractivity contribution is 0.187. The van der Waals surface area contributed by atoms with Gasteiger partial charge in [-0.3, -0.25) is 10.3 Å². The molecule has 1 amide bonds. The van der Waals surface area contributed by atoms with Crippen LogP contribution in [0.5, 0.6) is 5.75 Å². The summed E-state index contributed by atoms with van der Waals surface area (Å²) >= 11 is 0. The van der Waals surface area contributed by atoms with E-state index >= 15 is 0 Å². The maximum absolute atomic E-state index is 11.3. The van der Waals surface area contributed by atoms with Crippen molar-refractivity contribution in [2.45, 2.75) is 32.9 Å². The van der Waals surface area contributed by atoms with Gasteiger partial charge in [0.05, 0.1) is 13.7 Å². The molecular weight excluding hydrogens is 507 g/mol. The molecule has 7 nitrogen and oxygen atoms in total. The third kappa shape index (κ3) is 8.28. The molecule has 1 aliphatic carbocycles. The number of guanidine groups is 1. The molecule has 8 heteroatoms. The Bertz CT molecular complexity index is 883. The highest BCUT2D eigenvalue weighted by Crippen LogP contribution is 2.30. The molecule has 0 aromatic heterocycles. The molecule has 1 aliphatic rings. The number of hydrogen-bond donors (Lipinski definition) is 3. The van der Waals surface area contributed by atoms with E-state index in [1.165, 1.54) is 25.5 Å². The standard InChI is InChI=1S/C23H30N4O3.HI/c1-16-4-9-19(21(12-16)30-15-18-5-6-18)14-26-22(24-2)25-13-17-7-10-20(11-8-17)27-23(28)29-3;/h4,7-12,18H,5-6,13-15H2,1-3H3,(H,27,28)(H2,24,25,26);1H. The van der Waals surface area contributed by atoms with E-state index in [1.807, 2.05) is 24.3 Å². The van der Waals surface area contributed by atoms with Crippen LogP contribution in [0, 0.1) is 12.8 Å². The number of amides is 1. The minimum absolute atomic E-state index is 0. The van der Waals surface area contributed by atoms with Gasteiger partial charge in [0.1, 0.15) is 5.75 Å². The number of ether oxygens (including phenoxy) is 2. The van der Waals surface area contributed by atoms with E-state index in [9.17, 15) is 4.79 Å². The van der Waals surface area contributed by atoms with Gasteiger partial charge in [0.25, 0.3) is 0 Å². The smallest absolute Gasteiger partial charge is 0.411 e. The first kappa shape index (κ1) is 24.8. The second-order valence-corrected chi connectivity index (χ2v) is 7.46. The molecule has 3 N–H and O–H groups in total. The largest absolute Gasteiger partial charge is 0.493 e. The maximum atomic E-state index is 11.3. The average molecular weight is 538 g/mol. The van der Waals surface area contributed by atoms with Crippen molar-refractivity contribution in [3.63, 3.8) is 0 Å². The third-order valence-corrected chi connectivity index (χ3v) is 4.91. The van der Waals surface area contributed by atoms with Crippen LogP contribution in [-0.2, 0) is 17.8 Å². The van der Waals surface area contributed by atoms with E-state index in [1.54, 1.807) is 7.05 Å². The minimum atomic E-state index is -0.484. The summed E-state index contributed by atoms with van der Waals surface area (Å²) < 4.78 is 10.6. The second kappa shape index (κ2) is 12.4. The first-order chi connectivity index (χ1) is 14.6. The Morgan fingerprint density at radius 2 is 1.81 bits per heavy atom. The van der Waals surface area contributed by atoms with Crippen molar-refractivity contribution in [2.75, 3.05) is 26.1 Å². The number of carbonyl (C=O) groups is 1. The summed E-state index contributed by atoms with van der Waals surface area (Å²) in [7, 11) is 3.09. The van der Waals surface area contributed by atoms with Gasteiger partial charge >= 0.3 is 6.09 Å². The fourth-order valence-electron chi connectivity index (χ4n) is 2.89. The second-order valence-electron chi connectivity index (χ2n) is 7.46. The lowest BCUT2D eigenvalue weighted by Crippen LogP contribution is -2.36. The quantitative estimate of drug-likeness (QED) is 0.263. The van der Waals surface area contributed by atoms with Gasteiger partial charge in [-0.2, -0.15) is 0 Å². The van der Waals surface area contributed by atoms with Gasteiger partial charge < -0.3 is 20.1 Å². The van der Waals surface area contributed by atoms with Crippen molar-refractivity contribution in [1.29, 1.82) is 0 Å². The zero-order chi connectivity index (χ0) is 21.3. The van der Waals surface area contributed by atoms with Crippen LogP contribution in [0.2, 0.25) is 0 Å². The van der Waals surface area contributed by atoms with Gasteiger partial charge in [-0.05, 0) is 55.0 Å².